The van der Waals surface area contributed by atoms with Gasteiger partial charge in [-0.1, -0.05) is 23.8 Å². The van der Waals surface area contributed by atoms with Gasteiger partial charge >= 0.3 is 0 Å². The average molecular weight is 458 g/mol. The highest BCUT2D eigenvalue weighted by molar-refractivity contribution is 6.12. The number of H-pyrrole nitrogens is 1. The summed E-state index contributed by atoms with van der Waals surface area (Å²) in [7, 11) is 3.23. The number of hydrogen-bond donors (Lipinski definition) is 3. The van der Waals surface area contributed by atoms with Crippen molar-refractivity contribution in [2.75, 3.05) is 24.4 Å². The number of nitrogens with zero attached hydrogens (tertiary/aromatic N) is 2. The fraction of sp³-hybridized carbons (Fsp3) is 0.192. The highest BCUT2D eigenvalue weighted by Crippen LogP contribution is 2.29. The third-order valence-electron chi connectivity index (χ3n) is 5.71. The van der Waals surface area contributed by atoms with E-state index >= 15 is 0 Å². The molecule has 8 heteroatoms. The lowest BCUT2D eigenvalue weighted by Gasteiger charge is -2.21. The molecule has 0 aliphatic carbocycles. The molecule has 0 atom stereocenters. The summed E-state index contributed by atoms with van der Waals surface area (Å²) < 4.78 is 5.48. The van der Waals surface area contributed by atoms with E-state index in [0.717, 1.165) is 22.3 Å². The van der Waals surface area contributed by atoms with Gasteiger partial charge in [-0.2, -0.15) is 0 Å². The first-order valence-corrected chi connectivity index (χ1v) is 10.8. The third-order valence-corrected chi connectivity index (χ3v) is 5.71. The van der Waals surface area contributed by atoms with Crippen LogP contribution in [0.15, 0.2) is 54.6 Å². The summed E-state index contributed by atoms with van der Waals surface area (Å²) in [6.45, 7) is 4.23. The molecule has 8 nitrogen and oxygen atoms in total. The van der Waals surface area contributed by atoms with E-state index in [1.807, 2.05) is 38.1 Å². The highest BCUT2D eigenvalue weighted by atomic mass is 16.5. The van der Waals surface area contributed by atoms with Crippen LogP contribution < -0.4 is 20.7 Å². The largest absolute Gasteiger partial charge is 0.495 e. The third kappa shape index (κ3) is 4.35. The Labute approximate surface area is 197 Å². The van der Waals surface area contributed by atoms with Crippen molar-refractivity contribution < 1.29 is 14.3 Å². The number of amides is 2. The summed E-state index contributed by atoms with van der Waals surface area (Å²) in [5.74, 6) is 0.456. The quantitative estimate of drug-likeness (QED) is 0.402. The summed E-state index contributed by atoms with van der Waals surface area (Å²) in [4.78, 5) is 35.3. The molecule has 2 amide bonds. The van der Waals surface area contributed by atoms with E-state index in [9.17, 15) is 9.59 Å². The van der Waals surface area contributed by atoms with Gasteiger partial charge in [0.1, 0.15) is 17.1 Å². The van der Waals surface area contributed by atoms with Crippen LogP contribution in [0.1, 0.15) is 37.7 Å². The standard InChI is InChI=1S/C26H27N5O3/c1-15-8-11-21(16(2)12-15)31(3)26(33)17-9-10-19(22(13-17)34-4)29-25(32)18-6-5-7-20-24(18)30-23(14-27)28-20/h5-13H,14,27H2,1-4H3,(H,28,30)(H,29,32). The van der Waals surface area contributed by atoms with Crippen molar-refractivity contribution in [3.8, 4) is 5.75 Å². The summed E-state index contributed by atoms with van der Waals surface area (Å²) in [5, 5.41) is 2.87. The predicted molar refractivity (Wildman–Crippen MR) is 134 cm³/mol. The second kappa shape index (κ2) is 9.36. The first-order chi connectivity index (χ1) is 16.3. The van der Waals surface area contributed by atoms with Crippen LogP contribution in [0.5, 0.6) is 5.75 Å². The second-order valence-electron chi connectivity index (χ2n) is 8.11. The molecule has 0 aliphatic heterocycles. The molecule has 0 aliphatic rings. The lowest BCUT2D eigenvalue weighted by atomic mass is 10.1. The van der Waals surface area contributed by atoms with Crippen molar-refractivity contribution in [1.82, 2.24) is 9.97 Å². The van der Waals surface area contributed by atoms with Crippen LogP contribution >= 0.6 is 0 Å². The lowest BCUT2D eigenvalue weighted by Crippen LogP contribution is -2.27. The summed E-state index contributed by atoms with van der Waals surface area (Å²) in [6.07, 6.45) is 0. The van der Waals surface area contributed by atoms with E-state index in [1.165, 1.54) is 7.11 Å². The van der Waals surface area contributed by atoms with Gasteiger partial charge in [0.2, 0.25) is 0 Å². The van der Waals surface area contributed by atoms with Crippen molar-refractivity contribution in [1.29, 1.82) is 0 Å². The number of carbonyl (C=O) groups is 2. The van der Waals surface area contributed by atoms with Crippen molar-refractivity contribution in [3.63, 3.8) is 0 Å². The number of ether oxygens (including phenoxy) is 1. The maximum absolute atomic E-state index is 13.1. The van der Waals surface area contributed by atoms with Crippen LogP contribution in [0.25, 0.3) is 11.0 Å². The molecular formula is C26H27N5O3. The summed E-state index contributed by atoms with van der Waals surface area (Å²) >= 11 is 0. The summed E-state index contributed by atoms with van der Waals surface area (Å²) in [6, 6.07) is 16.2. The van der Waals surface area contributed by atoms with Crippen molar-refractivity contribution in [3.05, 3.63) is 82.7 Å². The van der Waals surface area contributed by atoms with E-state index in [2.05, 4.69) is 15.3 Å². The topological polar surface area (TPSA) is 113 Å². The van der Waals surface area contributed by atoms with E-state index in [0.29, 0.717) is 33.9 Å². The number of rotatable bonds is 6. The average Bonchev–Trinajstić information content (AvgIpc) is 3.27. The molecule has 0 bridgehead atoms. The lowest BCUT2D eigenvalue weighted by molar-refractivity contribution is 0.0991. The minimum absolute atomic E-state index is 0.182. The number of imidazole rings is 1. The van der Waals surface area contributed by atoms with Gasteiger partial charge in [0, 0.05) is 18.3 Å². The van der Waals surface area contributed by atoms with Crippen molar-refractivity contribution >= 4 is 34.2 Å². The minimum atomic E-state index is -0.342. The number of aromatic amines is 1. The number of hydrogen-bond acceptors (Lipinski definition) is 5. The number of fused-ring (bicyclic) bond motifs is 1. The number of anilines is 2. The Morgan fingerprint density at radius 1 is 1.12 bits per heavy atom. The number of benzene rings is 3. The molecule has 4 rings (SSSR count). The minimum Gasteiger partial charge on any atom is -0.495 e. The molecular weight excluding hydrogens is 430 g/mol. The van der Waals surface area contributed by atoms with E-state index in [1.54, 1.807) is 42.3 Å². The number of methoxy groups -OCH3 is 1. The molecule has 0 unspecified atom stereocenters. The fourth-order valence-corrected chi connectivity index (χ4v) is 3.97. The van der Waals surface area contributed by atoms with E-state index in [-0.39, 0.29) is 18.4 Å². The van der Waals surface area contributed by atoms with Crippen LogP contribution in [0.2, 0.25) is 0 Å². The van der Waals surface area contributed by atoms with Gasteiger partial charge in [0.05, 0.1) is 30.4 Å². The Bertz CT molecular complexity index is 1390. The van der Waals surface area contributed by atoms with Gasteiger partial charge in [0.15, 0.2) is 0 Å². The maximum Gasteiger partial charge on any atom is 0.258 e. The SMILES string of the molecule is COc1cc(C(=O)N(C)c2ccc(C)cc2C)ccc1NC(=O)c1cccc2[nH]c(CN)nc12. The van der Waals surface area contributed by atoms with E-state index in [4.69, 9.17) is 10.5 Å². The molecule has 34 heavy (non-hydrogen) atoms. The van der Waals surface area contributed by atoms with Gasteiger partial charge in [0.25, 0.3) is 11.8 Å². The monoisotopic (exact) mass is 457 g/mol. The zero-order valence-electron chi connectivity index (χ0n) is 19.6. The van der Waals surface area contributed by atoms with Crippen LogP contribution in [-0.2, 0) is 6.54 Å². The van der Waals surface area contributed by atoms with Crippen LogP contribution in [-0.4, -0.2) is 35.9 Å². The van der Waals surface area contributed by atoms with Gasteiger partial charge in [-0.15, -0.1) is 0 Å². The Kier molecular flexibility index (Phi) is 6.34. The van der Waals surface area contributed by atoms with Crippen LogP contribution in [0.4, 0.5) is 11.4 Å². The molecule has 0 saturated carbocycles. The maximum atomic E-state index is 13.1. The van der Waals surface area contributed by atoms with Crippen molar-refractivity contribution in [2.45, 2.75) is 20.4 Å². The molecule has 1 heterocycles. The molecule has 3 aromatic carbocycles. The number of nitrogens with one attached hydrogen (secondary N) is 2. The Hall–Kier alpha value is -4.17. The normalized spacial score (nSPS) is 10.9. The number of para-hydroxylation sites is 1. The molecule has 0 spiro atoms. The van der Waals surface area contributed by atoms with Gasteiger partial charge in [-0.25, -0.2) is 4.98 Å². The number of aromatic nitrogens is 2. The molecule has 4 N–H and O–H groups in total. The first-order valence-electron chi connectivity index (χ1n) is 10.8. The molecule has 174 valence electrons. The fourth-order valence-electron chi connectivity index (χ4n) is 3.97. The van der Waals surface area contributed by atoms with Gasteiger partial charge in [-0.3, -0.25) is 9.59 Å². The van der Waals surface area contributed by atoms with Crippen molar-refractivity contribution in [2.24, 2.45) is 5.73 Å². The van der Waals surface area contributed by atoms with Crippen LogP contribution in [0.3, 0.4) is 0 Å². The zero-order valence-corrected chi connectivity index (χ0v) is 19.6. The smallest absolute Gasteiger partial charge is 0.258 e. The Balaban J connectivity index is 1.59. The molecule has 4 aromatic rings. The highest BCUT2D eigenvalue weighted by Gasteiger charge is 2.19. The Morgan fingerprint density at radius 2 is 1.91 bits per heavy atom. The van der Waals surface area contributed by atoms with Gasteiger partial charge in [-0.05, 0) is 55.8 Å². The predicted octanol–water partition coefficient (Wildman–Crippen LogP) is 4.18. The molecule has 0 saturated heterocycles. The first kappa shape index (κ1) is 23.0. The number of aryl methyl sites for hydroxylation is 2. The van der Waals surface area contributed by atoms with E-state index < -0.39 is 0 Å². The number of nitrogens with two attached hydrogens (primary N) is 1. The van der Waals surface area contributed by atoms with Crippen LogP contribution in [0, 0.1) is 13.8 Å². The second-order valence-corrected chi connectivity index (χ2v) is 8.11. The molecule has 0 fully saturated rings. The Morgan fingerprint density at radius 3 is 2.62 bits per heavy atom. The molecule has 1 aromatic heterocycles. The van der Waals surface area contributed by atoms with Gasteiger partial charge < -0.3 is 25.7 Å². The zero-order chi connectivity index (χ0) is 24.4. The molecule has 0 radical (unpaired) electrons. The summed E-state index contributed by atoms with van der Waals surface area (Å²) in [5.41, 5.74) is 11.2. The number of carbonyl (C=O) groups excluding carboxylic acids is 2.